The molecule has 3 rings (SSSR count). The quantitative estimate of drug-likeness (QED) is 0.563. The summed E-state index contributed by atoms with van der Waals surface area (Å²) >= 11 is 0. The average molecular weight is 430 g/mol. The van der Waals surface area contributed by atoms with Crippen LogP contribution in [0.25, 0.3) is 0 Å². The molecule has 2 aromatic carbocycles. The summed E-state index contributed by atoms with van der Waals surface area (Å²) in [7, 11) is 0.376. The van der Waals surface area contributed by atoms with Crippen molar-refractivity contribution in [3.8, 4) is 0 Å². The molecule has 0 bridgehead atoms. The van der Waals surface area contributed by atoms with E-state index in [1.807, 2.05) is 73.6 Å². The first-order valence-electron chi connectivity index (χ1n) is 11.0. The smallest absolute Gasteiger partial charge is 0.264 e. The zero-order valence-electron chi connectivity index (χ0n) is 18.9. The van der Waals surface area contributed by atoms with Gasteiger partial charge in [0.2, 0.25) is 0 Å². The largest absolute Gasteiger partial charge is 0.378 e. The Hall–Kier alpha value is -1.61. The minimum atomic E-state index is -3.57. The number of aliphatic hydroxyl groups excluding tert-OH is 1. The highest BCUT2D eigenvalue weighted by atomic mass is 31.2. The van der Waals surface area contributed by atoms with E-state index >= 15 is 0 Å². The van der Waals surface area contributed by atoms with Crippen molar-refractivity contribution < 1.29 is 14.2 Å². The van der Waals surface area contributed by atoms with Gasteiger partial charge in [-0.25, -0.2) is 0 Å². The molecule has 0 saturated heterocycles. The number of hydrogen-bond acceptors (Lipinski definition) is 4. The molecule has 5 heteroatoms. The zero-order chi connectivity index (χ0) is 21.9. The summed E-state index contributed by atoms with van der Waals surface area (Å²) in [6.07, 6.45) is 3.01. The lowest BCUT2D eigenvalue weighted by atomic mass is 9.75. The van der Waals surface area contributed by atoms with Gasteiger partial charge in [0.1, 0.15) is 0 Å². The summed E-state index contributed by atoms with van der Waals surface area (Å²) in [5.74, 6) is 0.136. The van der Waals surface area contributed by atoms with E-state index in [0.29, 0.717) is 28.6 Å². The SMILES string of the molecule is CC(C)[C@@H]1CC[C@@H](C)C[C@H]1O[P@](=O)(c1ccc(N(C)C)cc1)[C@@H](O)c1ccccc1. The van der Waals surface area contributed by atoms with Crippen molar-refractivity contribution in [2.45, 2.75) is 52.0 Å². The van der Waals surface area contributed by atoms with Gasteiger partial charge in [0, 0.05) is 25.1 Å². The molecule has 0 spiro atoms. The molecule has 5 atom stereocenters. The van der Waals surface area contributed by atoms with Crippen LogP contribution in [0.1, 0.15) is 51.4 Å². The number of benzene rings is 2. The van der Waals surface area contributed by atoms with E-state index in [-0.39, 0.29) is 6.10 Å². The van der Waals surface area contributed by atoms with E-state index in [1.54, 1.807) is 0 Å². The Morgan fingerprint density at radius 1 is 1.03 bits per heavy atom. The van der Waals surface area contributed by atoms with Crippen molar-refractivity contribution in [1.29, 1.82) is 0 Å². The molecule has 4 nitrogen and oxygen atoms in total. The number of anilines is 1. The third-order valence-corrected chi connectivity index (χ3v) is 8.94. The number of rotatable bonds is 7. The van der Waals surface area contributed by atoms with Crippen LogP contribution >= 0.6 is 7.37 Å². The maximum absolute atomic E-state index is 14.5. The molecule has 1 saturated carbocycles. The molecule has 1 fully saturated rings. The molecule has 1 N–H and O–H groups in total. The minimum absolute atomic E-state index is 0.119. The summed E-state index contributed by atoms with van der Waals surface area (Å²) in [5, 5.41) is 11.9. The highest BCUT2D eigenvalue weighted by molar-refractivity contribution is 7.67. The predicted molar refractivity (Wildman–Crippen MR) is 126 cm³/mol. The normalized spacial score (nSPS) is 25.0. The van der Waals surface area contributed by atoms with Crippen molar-refractivity contribution in [3.05, 3.63) is 60.2 Å². The first-order valence-corrected chi connectivity index (χ1v) is 12.7. The van der Waals surface area contributed by atoms with Crippen LogP contribution in [0.15, 0.2) is 54.6 Å². The molecule has 1 aliphatic carbocycles. The number of aliphatic hydroxyl groups is 1. The summed E-state index contributed by atoms with van der Waals surface area (Å²) in [6.45, 7) is 6.65. The second-order valence-electron chi connectivity index (χ2n) is 9.26. The highest BCUT2D eigenvalue weighted by Gasteiger charge is 2.42. The Bertz CT molecular complexity index is 850. The molecule has 0 aromatic heterocycles. The lowest BCUT2D eigenvalue weighted by Gasteiger charge is -2.40. The van der Waals surface area contributed by atoms with Crippen molar-refractivity contribution in [2.24, 2.45) is 17.8 Å². The number of nitrogens with zero attached hydrogens (tertiary/aromatic N) is 1. The van der Waals surface area contributed by atoms with Crippen molar-refractivity contribution in [2.75, 3.05) is 19.0 Å². The van der Waals surface area contributed by atoms with Gasteiger partial charge in [-0.2, -0.15) is 0 Å². The molecule has 2 aromatic rings. The monoisotopic (exact) mass is 429 g/mol. The summed E-state index contributed by atoms with van der Waals surface area (Å²) < 4.78 is 21.0. The standard InChI is InChI=1S/C25H36NO3P/c1-18(2)23-16-11-19(3)17-24(23)29-30(28,25(27)20-9-7-6-8-10-20)22-14-12-21(13-15-22)26(4)5/h6-10,12-15,18-19,23-25,27H,11,16-17H2,1-5H3/t19-,23+,24-,25-,30-/m1/s1. The third-order valence-electron chi connectivity index (χ3n) is 6.40. The van der Waals surface area contributed by atoms with E-state index in [0.717, 1.165) is 18.5 Å². The zero-order valence-corrected chi connectivity index (χ0v) is 19.8. The van der Waals surface area contributed by atoms with Crippen LogP contribution in [-0.4, -0.2) is 25.3 Å². The van der Waals surface area contributed by atoms with Gasteiger partial charge in [0.05, 0.1) is 6.10 Å². The van der Waals surface area contributed by atoms with Gasteiger partial charge in [-0.1, -0.05) is 57.5 Å². The molecule has 0 unspecified atom stereocenters. The molecule has 0 radical (unpaired) electrons. The Morgan fingerprint density at radius 3 is 2.23 bits per heavy atom. The topological polar surface area (TPSA) is 49.8 Å². The van der Waals surface area contributed by atoms with Crippen LogP contribution in [0.5, 0.6) is 0 Å². The Labute approximate surface area is 181 Å². The Morgan fingerprint density at radius 2 is 1.67 bits per heavy atom. The maximum Gasteiger partial charge on any atom is 0.264 e. The molecule has 0 aliphatic heterocycles. The molecule has 0 amide bonds. The lowest BCUT2D eigenvalue weighted by molar-refractivity contribution is 0.0427. The molecule has 30 heavy (non-hydrogen) atoms. The second-order valence-corrected chi connectivity index (χ2v) is 11.7. The van der Waals surface area contributed by atoms with Gasteiger partial charge in [0.15, 0.2) is 5.85 Å². The fourth-order valence-corrected chi connectivity index (χ4v) is 6.77. The van der Waals surface area contributed by atoms with Gasteiger partial charge in [-0.3, -0.25) is 4.57 Å². The summed E-state index contributed by atoms with van der Waals surface area (Å²) in [5.41, 5.74) is 1.65. The molecule has 164 valence electrons. The van der Waals surface area contributed by atoms with E-state index in [2.05, 4.69) is 20.8 Å². The van der Waals surface area contributed by atoms with Crippen LogP contribution < -0.4 is 10.2 Å². The second kappa shape index (κ2) is 9.68. The Balaban J connectivity index is 2.01. The minimum Gasteiger partial charge on any atom is -0.378 e. The van der Waals surface area contributed by atoms with Crippen molar-refractivity contribution >= 4 is 18.4 Å². The van der Waals surface area contributed by atoms with Crippen LogP contribution in [0.4, 0.5) is 5.69 Å². The fraction of sp³-hybridized carbons (Fsp3) is 0.520. The maximum atomic E-state index is 14.5. The first kappa shape index (κ1) is 23.1. The van der Waals surface area contributed by atoms with Crippen molar-refractivity contribution in [1.82, 2.24) is 0 Å². The highest BCUT2D eigenvalue weighted by Crippen LogP contribution is 2.60. The molecular weight excluding hydrogens is 393 g/mol. The summed E-state index contributed by atoms with van der Waals surface area (Å²) in [6, 6.07) is 16.8. The Kier molecular flexibility index (Phi) is 7.44. The molecule has 1 aliphatic rings. The average Bonchev–Trinajstić information content (AvgIpc) is 2.73. The van der Waals surface area contributed by atoms with Gasteiger partial charge in [0.25, 0.3) is 7.37 Å². The fourth-order valence-electron chi connectivity index (χ4n) is 4.48. The van der Waals surface area contributed by atoms with Crippen LogP contribution in [0, 0.1) is 17.8 Å². The van der Waals surface area contributed by atoms with Gasteiger partial charge < -0.3 is 14.5 Å². The predicted octanol–water partition coefficient (Wildman–Crippen LogP) is 5.82. The third kappa shape index (κ3) is 4.99. The van der Waals surface area contributed by atoms with Crippen molar-refractivity contribution in [3.63, 3.8) is 0 Å². The van der Waals surface area contributed by atoms with Gasteiger partial charge in [-0.05, 0) is 60.4 Å². The van der Waals surface area contributed by atoms with Gasteiger partial charge >= 0.3 is 0 Å². The van der Waals surface area contributed by atoms with Crippen LogP contribution in [0.3, 0.4) is 0 Å². The van der Waals surface area contributed by atoms with Crippen LogP contribution in [-0.2, 0) is 9.09 Å². The molecule has 0 heterocycles. The lowest BCUT2D eigenvalue weighted by Crippen LogP contribution is -2.35. The van der Waals surface area contributed by atoms with Gasteiger partial charge in [-0.15, -0.1) is 0 Å². The van der Waals surface area contributed by atoms with E-state index < -0.39 is 13.2 Å². The molecular formula is C25H36NO3P. The van der Waals surface area contributed by atoms with E-state index in [4.69, 9.17) is 4.52 Å². The van der Waals surface area contributed by atoms with Crippen LogP contribution in [0.2, 0.25) is 0 Å². The number of hydrogen-bond donors (Lipinski definition) is 1. The van der Waals surface area contributed by atoms with E-state index in [9.17, 15) is 9.67 Å². The van der Waals surface area contributed by atoms with E-state index in [1.165, 1.54) is 6.42 Å². The summed E-state index contributed by atoms with van der Waals surface area (Å²) in [4.78, 5) is 2.00. The first-order chi connectivity index (χ1) is 14.2.